The van der Waals surface area contributed by atoms with E-state index in [1.807, 2.05) is 0 Å². The summed E-state index contributed by atoms with van der Waals surface area (Å²) in [5.41, 5.74) is 1.32. The van der Waals surface area contributed by atoms with E-state index in [9.17, 15) is 5.11 Å². The first-order valence-electron chi connectivity index (χ1n) is 5.48. The van der Waals surface area contributed by atoms with E-state index in [1.165, 1.54) is 7.11 Å². The third-order valence-corrected chi connectivity index (χ3v) is 2.53. The van der Waals surface area contributed by atoms with Crippen molar-refractivity contribution in [3.05, 3.63) is 59.6 Å². The average molecular weight is 246 g/mol. The summed E-state index contributed by atoms with van der Waals surface area (Å²) in [4.78, 5) is 0. The molecular formula is C14H14O4. The van der Waals surface area contributed by atoms with Crippen LogP contribution in [0.1, 0.15) is 5.56 Å². The minimum atomic E-state index is -0.185. The van der Waals surface area contributed by atoms with Crippen LogP contribution in [0.4, 0.5) is 0 Å². The first kappa shape index (κ1) is 12.3. The number of aliphatic hydroxyl groups excluding tert-OH is 2. The fourth-order valence-corrected chi connectivity index (χ4v) is 1.57. The molecule has 4 heteroatoms. The van der Waals surface area contributed by atoms with Gasteiger partial charge in [0.1, 0.15) is 0 Å². The van der Waals surface area contributed by atoms with Gasteiger partial charge in [0.15, 0.2) is 11.5 Å². The van der Waals surface area contributed by atoms with Gasteiger partial charge < -0.3 is 19.7 Å². The molecule has 1 aliphatic carbocycles. The monoisotopic (exact) mass is 246 g/mol. The number of hydrogen-bond donors (Lipinski definition) is 2. The van der Waals surface area contributed by atoms with Gasteiger partial charge in [0.2, 0.25) is 0 Å². The Kier molecular flexibility index (Phi) is 3.69. The van der Waals surface area contributed by atoms with Crippen LogP contribution in [0.2, 0.25) is 0 Å². The van der Waals surface area contributed by atoms with Crippen molar-refractivity contribution in [3.8, 4) is 11.5 Å². The van der Waals surface area contributed by atoms with E-state index in [-0.39, 0.29) is 12.6 Å². The molecule has 0 aliphatic heterocycles. The van der Waals surface area contributed by atoms with Crippen molar-refractivity contribution < 1.29 is 19.7 Å². The number of hydrogen-bond acceptors (Lipinski definition) is 4. The van der Waals surface area contributed by atoms with Crippen LogP contribution in [0, 0.1) is 0 Å². The molecule has 0 saturated heterocycles. The summed E-state index contributed by atoms with van der Waals surface area (Å²) >= 11 is 0. The molecule has 1 aromatic rings. The van der Waals surface area contributed by atoms with Crippen molar-refractivity contribution >= 4 is 0 Å². The van der Waals surface area contributed by atoms with Gasteiger partial charge in [-0.2, -0.15) is 0 Å². The second-order valence-electron chi connectivity index (χ2n) is 3.72. The van der Waals surface area contributed by atoms with Gasteiger partial charge in [0.05, 0.1) is 19.3 Å². The lowest BCUT2D eigenvalue weighted by molar-refractivity contribution is 0.199. The molecule has 0 spiro atoms. The van der Waals surface area contributed by atoms with Crippen LogP contribution in [0.25, 0.3) is 0 Å². The van der Waals surface area contributed by atoms with Crippen LogP contribution in [0.15, 0.2) is 54.0 Å². The predicted molar refractivity (Wildman–Crippen MR) is 67.5 cm³/mol. The largest absolute Gasteiger partial charge is 0.493 e. The zero-order valence-corrected chi connectivity index (χ0v) is 9.96. The molecule has 0 aromatic heterocycles. The highest BCUT2D eigenvalue weighted by Gasteiger charge is 2.10. The molecule has 0 saturated carbocycles. The molecule has 0 heterocycles. The minimum absolute atomic E-state index is 0.0742. The van der Waals surface area contributed by atoms with Gasteiger partial charge in [-0.3, -0.25) is 0 Å². The summed E-state index contributed by atoms with van der Waals surface area (Å²) in [6.45, 7) is -0.0742. The Hall–Kier alpha value is -2.20. The molecule has 18 heavy (non-hydrogen) atoms. The van der Waals surface area contributed by atoms with Gasteiger partial charge in [-0.15, -0.1) is 0 Å². The second kappa shape index (κ2) is 5.42. The quantitative estimate of drug-likeness (QED) is 0.801. The molecule has 2 N–H and O–H groups in total. The molecule has 2 rings (SSSR count). The Morgan fingerprint density at radius 3 is 2.50 bits per heavy atom. The van der Waals surface area contributed by atoms with Crippen LogP contribution in [-0.4, -0.2) is 17.3 Å². The number of benzene rings is 1. The smallest absolute Gasteiger partial charge is 0.289 e. The molecule has 1 aromatic carbocycles. The molecule has 0 radical (unpaired) electrons. The topological polar surface area (TPSA) is 58.9 Å². The Morgan fingerprint density at radius 2 is 1.89 bits per heavy atom. The number of rotatable bonds is 4. The normalized spacial score (nSPS) is 12.9. The third kappa shape index (κ3) is 2.55. The van der Waals surface area contributed by atoms with Gasteiger partial charge >= 0.3 is 0 Å². The molecule has 0 unspecified atom stereocenters. The Labute approximate surface area is 105 Å². The van der Waals surface area contributed by atoms with Crippen LogP contribution in [0.5, 0.6) is 11.5 Å². The third-order valence-electron chi connectivity index (χ3n) is 2.53. The van der Waals surface area contributed by atoms with E-state index >= 15 is 0 Å². The van der Waals surface area contributed by atoms with E-state index in [0.29, 0.717) is 22.6 Å². The zero-order valence-electron chi connectivity index (χ0n) is 9.96. The van der Waals surface area contributed by atoms with Gasteiger partial charge in [-0.1, -0.05) is 18.2 Å². The maximum absolute atomic E-state index is 9.80. The van der Waals surface area contributed by atoms with Crippen molar-refractivity contribution in [2.24, 2.45) is 0 Å². The molecule has 0 bridgehead atoms. The molecule has 0 atom stereocenters. The van der Waals surface area contributed by atoms with E-state index in [4.69, 9.17) is 14.6 Å². The summed E-state index contributed by atoms with van der Waals surface area (Å²) in [6, 6.07) is 5.01. The highest BCUT2D eigenvalue weighted by atomic mass is 16.6. The van der Waals surface area contributed by atoms with E-state index in [0.717, 1.165) is 0 Å². The van der Waals surface area contributed by atoms with Crippen molar-refractivity contribution in [2.75, 3.05) is 7.11 Å². The van der Waals surface area contributed by atoms with Crippen molar-refractivity contribution in [1.82, 2.24) is 0 Å². The van der Waals surface area contributed by atoms with Crippen LogP contribution < -0.4 is 9.47 Å². The first-order valence-corrected chi connectivity index (χ1v) is 5.48. The summed E-state index contributed by atoms with van der Waals surface area (Å²) in [7, 11) is 1.50. The highest BCUT2D eigenvalue weighted by Crippen LogP contribution is 2.30. The molecule has 1 aliphatic rings. The number of allylic oxidation sites excluding steroid dienone is 5. The highest BCUT2D eigenvalue weighted by molar-refractivity contribution is 5.45. The van der Waals surface area contributed by atoms with Gasteiger partial charge in [-0.05, 0) is 29.8 Å². The van der Waals surface area contributed by atoms with Crippen molar-refractivity contribution in [2.45, 2.75) is 6.61 Å². The molecule has 4 nitrogen and oxygen atoms in total. The second-order valence-corrected chi connectivity index (χ2v) is 3.72. The SMILES string of the molecule is COc1cc(CO)ccc1OC(O)=C1C=CC=C1. The first-order chi connectivity index (χ1) is 8.74. The maximum atomic E-state index is 9.80. The standard InChI is InChI=1S/C14H14O4/c1-17-13-8-10(9-15)6-7-12(13)18-14(16)11-4-2-3-5-11/h2-8,15-16H,9H2,1H3. The Morgan fingerprint density at radius 1 is 1.17 bits per heavy atom. The van der Waals surface area contributed by atoms with Crippen LogP contribution in [0.3, 0.4) is 0 Å². The lowest BCUT2D eigenvalue weighted by Crippen LogP contribution is -1.99. The van der Waals surface area contributed by atoms with Crippen molar-refractivity contribution in [1.29, 1.82) is 0 Å². The van der Waals surface area contributed by atoms with Crippen LogP contribution >= 0.6 is 0 Å². The minimum Gasteiger partial charge on any atom is -0.493 e. The van der Waals surface area contributed by atoms with Gasteiger partial charge in [-0.25, -0.2) is 0 Å². The Balaban J connectivity index is 2.26. The average Bonchev–Trinajstić information content (AvgIpc) is 2.93. The Bertz CT molecular complexity index is 513. The van der Waals surface area contributed by atoms with E-state index in [1.54, 1.807) is 42.5 Å². The molecular weight excluding hydrogens is 232 g/mol. The fourth-order valence-electron chi connectivity index (χ4n) is 1.57. The maximum Gasteiger partial charge on any atom is 0.289 e. The van der Waals surface area contributed by atoms with Crippen LogP contribution in [-0.2, 0) is 6.61 Å². The molecule has 0 fully saturated rings. The van der Waals surface area contributed by atoms with E-state index < -0.39 is 0 Å². The van der Waals surface area contributed by atoms with E-state index in [2.05, 4.69) is 0 Å². The zero-order chi connectivity index (χ0) is 13.0. The predicted octanol–water partition coefficient (Wildman–Crippen LogP) is 2.46. The van der Waals surface area contributed by atoms with Gasteiger partial charge in [0.25, 0.3) is 5.95 Å². The number of aliphatic hydroxyl groups is 2. The lowest BCUT2D eigenvalue weighted by Gasteiger charge is -2.11. The summed E-state index contributed by atoms with van der Waals surface area (Å²) < 4.78 is 10.5. The van der Waals surface area contributed by atoms with Gasteiger partial charge in [0, 0.05) is 0 Å². The van der Waals surface area contributed by atoms with Crippen molar-refractivity contribution in [3.63, 3.8) is 0 Å². The molecule has 0 amide bonds. The number of ether oxygens (including phenoxy) is 2. The fraction of sp³-hybridized carbons (Fsp3) is 0.143. The lowest BCUT2D eigenvalue weighted by atomic mass is 10.2. The summed E-state index contributed by atoms with van der Waals surface area (Å²) in [5, 5.41) is 18.8. The summed E-state index contributed by atoms with van der Waals surface area (Å²) in [5.74, 6) is 0.670. The summed E-state index contributed by atoms with van der Waals surface area (Å²) in [6.07, 6.45) is 7.09. The molecule has 94 valence electrons. The number of methoxy groups -OCH3 is 1.